The summed E-state index contributed by atoms with van der Waals surface area (Å²) in [6.07, 6.45) is 1.05. The van der Waals surface area contributed by atoms with E-state index < -0.39 is 0 Å². The quantitative estimate of drug-likeness (QED) is 0.849. The van der Waals surface area contributed by atoms with Crippen LogP contribution in [0.25, 0.3) is 0 Å². The number of rotatable bonds is 3. The third kappa shape index (κ3) is 4.08. The zero-order chi connectivity index (χ0) is 16.2. The Kier molecular flexibility index (Phi) is 5.62. The first kappa shape index (κ1) is 16.8. The second-order valence-electron chi connectivity index (χ2n) is 6.44. The molecule has 1 atom stereocenters. The maximum absolute atomic E-state index is 12.9. The molecule has 2 aliphatic heterocycles. The van der Waals surface area contributed by atoms with Gasteiger partial charge in [0.25, 0.3) is 0 Å². The first-order chi connectivity index (χ1) is 11.2. The van der Waals surface area contributed by atoms with Crippen molar-refractivity contribution in [3.8, 4) is 0 Å². The van der Waals surface area contributed by atoms with E-state index in [-0.39, 0.29) is 5.91 Å². The van der Waals surface area contributed by atoms with Crippen LogP contribution in [0.3, 0.4) is 0 Å². The number of anilines is 1. The molecule has 1 fully saturated rings. The van der Waals surface area contributed by atoms with E-state index in [1.54, 1.807) is 0 Å². The van der Waals surface area contributed by atoms with E-state index in [0.29, 0.717) is 11.8 Å². The largest absolute Gasteiger partial charge is 0.310 e. The molecule has 1 aromatic rings. The van der Waals surface area contributed by atoms with Crippen molar-refractivity contribution in [3.05, 3.63) is 24.3 Å². The smallest absolute Gasteiger partial charge is 0.241 e. The van der Waals surface area contributed by atoms with E-state index in [2.05, 4.69) is 41.8 Å². The number of hydrogen-bond acceptors (Lipinski definition) is 4. The number of carbonyl (C=O) groups excluding carboxylic acids is 1. The van der Waals surface area contributed by atoms with Gasteiger partial charge in [-0.1, -0.05) is 26.0 Å². The number of thioether (sulfide) groups is 1. The van der Waals surface area contributed by atoms with Crippen LogP contribution in [-0.4, -0.2) is 66.8 Å². The Hall–Kier alpha value is -1.04. The minimum atomic E-state index is 0.247. The highest BCUT2D eigenvalue weighted by Gasteiger charge is 2.26. The van der Waals surface area contributed by atoms with Crippen molar-refractivity contribution in [3.63, 3.8) is 0 Å². The lowest BCUT2D eigenvalue weighted by Crippen LogP contribution is -2.50. The summed E-state index contributed by atoms with van der Waals surface area (Å²) >= 11 is 1.89. The number of para-hydroxylation sites is 1. The first-order valence-electron chi connectivity index (χ1n) is 8.68. The van der Waals surface area contributed by atoms with Gasteiger partial charge in [0.1, 0.15) is 0 Å². The van der Waals surface area contributed by atoms with Gasteiger partial charge in [0.05, 0.1) is 12.2 Å². The SMILES string of the molecule is CCN1CCN(CC(=O)N2CCC(C)Sc3ccccc32)CC1. The molecule has 0 aromatic heterocycles. The van der Waals surface area contributed by atoms with Gasteiger partial charge in [0, 0.05) is 42.9 Å². The second kappa shape index (κ2) is 7.69. The fourth-order valence-corrected chi connectivity index (χ4v) is 4.40. The van der Waals surface area contributed by atoms with Crippen LogP contribution < -0.4 is 4.90 Å². The zero-order valence-corrected chi connectivity index (χ0v) is 15.0. The van der Waals surface area contributed by atoms with Crippen LogP contribution in [0.5, 0.6) is 0 Å². The van der Waals surface area contributed by atoms with Crippen molar-refractivity contribution in [1.82, 2.24) is 9.80 Å². The molecule has 126 valence electrons. The lowest BCUT2D eigenvalue weighted by atomic mass is 10.2. The number of nitrogens with zero attached hydrogens (tertiary/aromatic N) is 3. The third-order valence-electron chi connectivity index (χ3n) is 4.82. The highest BCUT2D eigenvalue weighted by atomic mass is 32.2. The van der Waals surface area contributed by atoms with E-state index in [1.807, 2.05) is 22.7 Å². The fraction of sp³-hybridized carbons (Fsp3) is 0.611. The first-order valence-corrected chi connectivity index (χ1v) is 9.56. The Morgan fingerprint density at radius 2 is 1.83 bits per heavy atom. The molecule has 0 aliphatic carbocycles. The van der Waals surface area contributed by atoms with Gasteiger partial charge in [-0.2, -0.15) is 0 Å². The molecule has 0 radical (unpaired) electrons. The minimum Gasteiger partial charge on any atom is -0.310 e. The predicted molar refractivity (Wildman–Crippen MR) is 97.3 cm³/mol. The van der Waals surface area contributed by atoms with Gasteiger partial charge in [-0.05, 0) is 25.1 Å². The van der Waals surface area contributed by atoms with Gasteiger partial charge in [-0.25, -0.2) is 0 Å². The van der Waals surface area contributed by atoms with E-state index in [9.17, 15) is 4.79 Å². The summed E-state index contributed by atoms with van der Waals surface area (Å²) in [4.78, 5) is 20.9. The second-order valence-corrected chi connectivity index (χ2v) is 7.92. The standard InChI is InChI=1S/C18H27N3OS/c1-3-19-10-12-20(13-11-19)14-18(22)21-9-8-15(2)23-17-7-5-4-6-16(17)21/h4-7,15H,3,8-14H2,1-2H3. The summed E-state index contributed by atoms with van der Waals surface area (Å²) in [5.74, 6) is 0.247. The fourth-order valence-electron chi connectivity index (χ4n) is 3.29. The number of carbonyl (C=O) groups is 1. The molecule has 0 N–H and O–H groups in total. The van der Waals surface area contributed by atoms with E-state index in [0.717, 1.165) is 51.4 Å². The van der Waals surface area contributed by atoms with Crippen molar-refractivity contribution in [2.24, 2.45) is 0 Å². The average Bonchev–Trinajstić information content (AvgIpc) is 2.73. The highest BCUT2D eigenvalue weighted by molar-refractivity contribution is 8.00. The molecule has 2 heterocycles. The Labute approximate surface area is 143 Å². The Balaban J connectivity index is 1.67. The van der Waals surface area contributed by atoms with Gasteiger partial charge in [0.2, 0.25) is 5.91 Å². The normalized spacial score (nSPS) is 23.4. The number of benzene rings is 1. The van der Waals surface area contributed by atoms with Crippen LogP contribution in [0.15, 0.2) is 29.2 Å². The van der Waals surface area contributed by atoms with Gasteiger partial charge in [0.15, 0.2) is 0 Å². The van der Waals surface area contributed by atoms with Gasteiger partial charge < -0.3 is 9.80 Å². The molecule has 0 spiro atoms. The van der Waals surface area contributed by atoms with Crippen LogP contribution in [-0.2, 0) is 4.79 Å². The molecule has 1 unspecified atom stereocenters. The van der Waals surface area contributed by atoms with Gasteiger partial charge in [-0.15, -0.1) is 11.8 Å². The van der Waals surface area contributed by atoms with Crippen LogP contribution in [0.2, 0.25) is 0 Å². The topological polar surface area (TPSA) is 26.8 Å². The molecule has 3 rings (SSSR count). The van der Waals surface area contributed by atoms with E-state index in [1.165, 1.54) is 4.90 Å². The van der Waals surface area contributed by atoms with Crippen molar-refractivity contribution in [2.45, 2.75) is 30.4 Å². The molecule has 4 nitrogen and oxygen atoms in total. The maximum atomic E-state index is 12.9. The van der Waals surface area contributed by atoms with Crippen LogP contribution >= 0.6 is 11.8 Å². The zero-order valence-electron chi connectivity index (χ0n) is 14.2. The minimum absolute atomic E-state index is 0.247. The van der Waals surface area contributed by atoms with Crippen molar-refractivity contribution in [1.29, 1.82) is 0 Å². The van der Waals surface area contributed by atoms with Crippen LogP contribution in [0.4, 0.5) is 5.69 Å². The molecule has 1 amide bonds. The Bertz CT molecular complexity index is 543. The molecule has 2 aliphatic rings. The molecular formula is C18H27N3OS. The Morgan fingerprint density at radius 3 is 2.57 bits per heavy atom. The molecular weight excluding hydrogens is 306 g/mol. The summed E-state index contributed by atoms with van der Waals surface area (Å²) in [6, 6.07) is 8.33. The summed E-state index contributed by atoms with van der Waals surface area (Å²) in [7, 11) is 0. The molecule has 0 bridgehead atoms. The van der Waals surface area contributed by atoms with Crippen molar-refractivity contribution < 1.29 is 4.79 Å². The monoisotopic (exact) mass is 333 g/mol. The lowest BCUT2D eigenvalue weighted by molar-refractivity contribution is -0.120. The van der Waals surface area contributed by atoms with E-state index >= 15 is 0 Å². The Morgan fingerprint density at radius 1 is 1.13 bits per heavy atom. The summed E-state index contributed by atoms with van der Waals surface area (Å²) in [5.41, 5.74) is 1.10. The number of hydrogen-bond donors (Lipinski definition) is 0. The van der Waals surface area contributed by atoms with Crippen LogP contribution in [0.1, 0.15) is 20.3 Å². The van der Waals surface area contributed by atoms with Crippen molar-refractivity contribution >= 4 is 23.4 Å². The van der Waals surface area contributed by atoms with Crippen LogP contribution in [0, 0.1) is 0 Å². The number of amides is 1. The lowest BCUT2D eigenvalue weighted by Gasteiger charge is -2.34. The maximum Gasteiger partial charge on any atom is 0.241 e. The average molecular weight is 334 g/mol. The molecule has 0 saturated carbocycles. The molecule has 23 heavy (non-hydrogen) atoms. The third-order valence-corrected chi connectivity index (χ3v) is 6.05. The highest BCUT2D eigenvalue weighted by Crippen LogP contribution is 2.37. The van der Waals surface area contributed by atoms with Gasteiger partial charge in [-0.3, -0.25) is 9.69 Å². The summed E-state index contributed by atoms with van der Waals surface area (Å²) in [6.45, 7) is 11.1. The molecule has 1 saturated heterocycles. The number of likely N-dealkylation sites (N-methyl/N-ethyl adjacent to an activating group) is 1. The molecule has 1 aromatic carbocycles. The van der Waals surface area contributed by atoms with Crippen molar-refractivity contribution in [2.75, 3.05) is 50.7 Å². The number of piperazine rings is 1. The summed E-state index contributed by atoms with van der Waals surface area (Å²) in [5, 5.41) is 0.557. The summed E-state index contributed by atoms with van der Waals surface area (Å²) < 4.78 is 0. The molecule has 5 heteroatoms. The van der Waals surface area contributed by atoms with E-state index in [4.69, 9.17) is 0 Å². The predicted octanol–water partition coefficient (Wildman–Crippen LogP) is 2.54. The van der Waals surface area contributed by atoms with Gasteiger partial charge >= 0.3 is 0 Å². The number of fused-ring (bicyclic) bond motifs is 1.